The summed E-state index contributed by atoms with van der Waals surface area (Å²) in [5.41, 5.74) is 6.50. The summed E-state index contributed by atoms with van der Waals surface area (Å²) in [6, 6.07) is 16.8. The molecule has 1 aromatic heterocycles. The highest BCUT2D eigenvalue weighted by Crippen LogP contribution is 2.41. The summed E-state index contributed by atoms with van der Waals surface area (Å²) in [5, 5.41) is 0. The van der Waals surface area contributed by atoms with Crippen LogP contribution in [0.25, 0.3) is 22.5 Å². The van der Waals surface area contributed by atoms with Gasteiger partial charge in [-0.05, 0) is 34.7 Å². The topological polar surface area (TPSA) is 25.8 Å². The lowest BCUT2D eigenvalue weighted by molar-refractivity contribution is 1.17. The van der Waals surface area contributed by atoms with Gasteiger partial charge in [0.2, 0.25) is 0 Å². The van der Waals surface area contributed by atoms with Crippen molar-refractivity contribution >= 4 is 0 Å². The van der Waals surface area contributed by atoms with Crippen LogP contribution >= 0.6 is 0 Å². The van der Waals surface area contributed by atoms with Crippen molar-refractivity contribution in [3.8, 4) is 22.5 Å². The molecular weight excluding hydrogens is 232 g/mol. The summed E-state index contributed by atoms with van der Waals surface area (Å²) in [6.45, 7) is 0. The molecule has 3 aromatic rings. The van der Waals surface area contributed by atoms with Crippen LogP contribution in [-0.2, 0) is 6.42 Å². The smallest absolute Gasteiger partial charge is 0.159 e. The van der Waals surface area contributed by atoms with Crippen molar-refractivity contribution in [2.45, 2.75) is 6.42 Å². The van der Waals surface area contributed by atoms with E-state index in [1.54, 1.807) is 12.4 Å². The SMILES string of the molecule is c1cnc(-c2cccc3c2-c2ccccc2C3)nc1. The van der Waals surface area contributed by atoms with Crippen molar-refractivity contribution in [2.24, 2.45) is 0 Å². The Hall–Kier alpha value is -2.48. The van der Waals surface area contributed by atoms with E-state index in [0.717, 1.165) is 17.8 Å². The Morgan fingerprint density at radius 2 is 1.42 bits per heavy atom. The molecule has 0 fully saturated rings. The molecule has 2 heteroatoms. The molecule has 2 aromatic carbocycles. The number of hydrogen-bond donors (Lipinski definition) is 0. The van der Waals surface area contributed by atoms with Gasteiger partial charge in [0.1, 0.15) is 0 Å². The molecule has 1 aliphatic rings. The van der Waals surface area contributed by atoms with Gasteiger partial charge >= 0.3 is 0 Å². The lowest BCUT2D eigenvalue weighted by Gasteiger charge is -2.08. The highest BCUT2D eigenvalue weighted by Gasteiger charge is 2.21. The van der Waals surface area contributed by atoms with Crippen molar-refractivity contribution in [2.75, 3.05) is 0 Å². The Labute approximate surface area is 111 Å². The first kappa shape index (κ1) is 10.4. The Balaban J connectivity index is 2.01. The van der Waals surface area contributed by atoms with Crippen LogP contribution in [0, 0.1) is 0 Å². The van der Waals surface area contributed by atoms with Gasteiger partial charge in [-0.15, -0.1) is 0 Å². The fraction of sp³-hybridized carbons (Fsp3) is 0.0588. The molecule has 0 N–H and O–H groups in total. The Bertz CT molecular complexity index is 748. The summed E-state index contributed by atoms with van der Waals surface area (Å²) < 4.78 is 0. The number of aromatic nitrogens is 2. The molecule has 0 saturated carbocycles. The van der Waals surface area contributed by atoms with Gasteiger partial charge in [0.05, 0.1) is 0 Å². The third kappa shape index (κ3) is 1.57. The minimum Gasteiger partial charge on any atom is -0.237 e. The second-order valence-electron chi connectivity index (χ2n) is 4.75. The first-order valence-electron chi connectivity index (χ1n) is 6.41. The van der Waals surface area contributed by atoms with E-state index in [9.17, 15) is 0 Å². The summed E-state index contributed by atoms with van der Waals surface area (Å²) in [7, 11) is 0. The Morgan fingerprint density at radius 3 is 2.32 bits per heavy atom. The number of fused-ring (bicyclic) bond motifs is 3. The van der Waals surface area contributed by atoms with Gasteiger partial charge in [-0.25, -0.2) is 9.97 Å². The Kier molecular flexibility index (Phi) is 2.21. The van der Waals surface area contributed by atoms with Crippen LogP contribution in [0.4, 0.5) is 0 Å². The van der Waals surface area contributed by atoms with Gasteiger partial charge in [0, 0.05) is 18.0 Å². The van der Waals surface area contributed by atoms with Gasteiger partial charge in [-0.3, -0.25) is 0 Å². The maximum absolute atomic E-state index is 4.39. The molecule has 0 atom stereocenters. The van der Waals surface area contributed by atoms with E-state index < -0.39 is 0 Å². The van der Waals surface area contributed by atoms with Crippen molar-refractivity contribution in [1.29, 1.82) is 0 Å². The zero-order chi connectivity index (χ0) is 12.7. The zero-order valence-electron chi connectivity index (χ0n) is 10.4. The maximum Gasteiger partial charge on any atom is 0.159 e. The van der Waals surface area contributed by atoms with Crippen molar-refractivity contribution < 1.29 is 0 Å². The van der Waals surface area contributed by atoms with E-state index in [2.05, 4.69) is 52.4 Å². The fourth-order valence-corrected chi connectivity index (χ4v) is 2.81. The highest BCUT2D eigenvalue weighted by molar-refractivity contribution is 5.88. The first-order valence-corrected chi connectivity index (χ1v) is 6.41. The second kappa shape index (κ2) is 4.02. The predicted octanol–water partition coefficient (Wildman–Crippen LogP) is 3.71. The normalized spacial score (nSPS) is 12.0. The standard InChI is InChI=1S/C17H12N2/c1-2-7-14-12(5-1)11-13-6-3-8-15(16(13)14)17-18-9-4-10-19-17/h1-10H,11H2. The van der Waals surface area contributed by atoms with E-state index >= 15 is 0 Å². The lowest BCUT2D eigenvalue weighted by Crippen LogP contribution is -1.90. The van der Waals surface area contributed by atoms with Crippen LogP contribution in [-0.4, -0.2) is 9.97 Å². The molecule has 90 valence electrons. The van der Waals surface area contributed by atoms with Crippen molar-refractivity contribution in [1.82, 2.24) is 9.97 Å². The minimum absolute atomic E-state index is 0.802. The van der Waals surface area contributed by atoms with E-state index in [1.807, 2.05) is 6.07 Å². The molecule has 0 saturated heterocycles. The summed E-state index contributed by atoms with van der Waals surface area (Å²) in [6.07, 6.45) is 4.59. The summed E-state index contributed by atoms with van der Waals surface area (Å²) >= 11 is 0. The van der Waals surface area contributed by atoms with Crippen molar-refractivity contribution in [3.63, 3.8) is 0 Å². The van der Waals surface area contributed by atoms with Crippen LogP contribution in [0.2, 0.25) is 0 Å². The number of rotatable bonds is 1. The minimum atomic E-state index is 0.802. The molecule has 0 bridgehead atoms. The zero-order valence-corrected chi connectivity index (χ0v) is 10.4. The van der Waals surface area contributed by atoms with Gasteiger partial charge in [0.15, 0.2) is 5.82 Å². The molecule has 0 radical (unpaired) electrons. The fourth-order valence-electron chi connectivity index (χ4n) is 2.81. The van der Waals surface area contributed by atoms with Gasteiger partial charge in [-0.1, -0.05) is 42.5 Å². The van der Waals surface area contributed by atoms with Crippen LogP contribution in [0.1, 0.15) is 11.1 Å². The average Bonchev–Trinajstić information content (AvgIpc) is 2.86. The number of hydrogen-bond acceptors (Lipinski definition) is 2. The van der Waals surface area contributed by atoms with Crippen LogP contribution < -0.4 is 0 Å². The molecule has 0 aliphatic heterocycles. The molecule has 1 aliphatic carbocycles. The molecule has 0 unspecified atom stereocenters. The second-order valence-corrected chi connectivity index (χ2v) is 4.75. The van der Waals surface area contributed by atoms with Gasteiger partial charge < -0.3 is 0 Å². The third-order valence-corrected chi connectivity index (χ3v) is 3.63. The molecule has 19 heavy (non-hydrogen) atoms. The average molecular weight is 244 g/mol. The molecule has 1 heterocycles. The van der Waals surface area contributed by atoms with Crippen LogP contribution in [0.15, 0.2) is 60.9 Å². The van der Waals surface area contributed by atoms with Crippen LogP contribution in [0.5, 0.6) is 0 Å². The Morgan fingerprint density at radius 1 is 0.684 bits per heavy atom. The van der Waals surface area contributed by atoms with E-state index in [4.69, 9.17) is 0 Å². The van der Waals surface area contributed by atoms with E-state index in [0.29, 0.717) is 0 Å². The van der Waals surface area contributed by atoms with Crippen molar-refractivity contribution in [3.05, 3.63) is 72.1 Å². The quantitative estimate of drug-likeness (QED) is 0.510. The largest absolute Gasteiger partial charge is 0.237 e. The first-order chi connectivity index (χ1) is 9.43. The number of benzene rings is 2. The molecular formula is C17H12N2. The molecule has 4 rings (SSSR count). The maximum atomic E-state index is 4.39. The third-order valence-electron chi connectivity index (χ3n) is 3.63. The lowest BCUT2D eigenvalue weighted by atomic mass is 9.99. The molecule has 2 nitrogen and oxygen atoms in total. The van der Waals surface area contributed by atoms with E-state index in [1.165, 1.54) is 22.3 Å². The number of nitrogens with zero attached hydrogens (tertiary/aromatic N) is 2. The highest BCUT2D eigenvalue weighted by atomic mass is 14.9. The summed E-state index contributed by atoms with van der Waals surface area (Å²) in [4.78, 5) is 8.78. The molecule has 0 spiro atoms. The monoisotopic (exact) mass is 244 g/mol. The summed E-state index contributed by atoms with van der Waals surface area (Å²) in [5.74, 6) is 0.802. The predicted molar refractivity (Wildman–Crippen MR) is 75.7 cm³/mol. The van der Waals surface area contributed by atoms with Gasteiger partial charge in [-0.2, -0.15) is 0 Å². The molecule has 0 amide bonds. The van der Waals surface area contributed by atoms with E-state index in [-0.39, 0.29) is 0 Å². The van der Waals surface area contributed by atoms with Crippen LogP contribution in [0.3, 0.4) is 0 Å². The van der Waals surface area contributed by atoms with Gasteiger partial charge in [0.25, 0.3) is 0 Å².